The lowest BCUT2D eigenvalue weighted by atomic mass is 9.93. The van der Waals surface area contributed by atoms with Gasteiger partial charge in [-0.1, -0.05) is 47.5 Å². The molecule has 9 heteroatoms. The number of hydrogen-bond acceptors (Lipinski definition) is 5. The van der Waals surface area contributed by atoms with Crippen LogP contribution in [-0.2, 0) is 0 Å². The molecule has 2 fully saturated rings. The van der Waals surface area contributed by atoms with Crippen LogP contribution in [0.3, 0.4) is 0 Å². The molecule has 3 aromatic carbocycles. The Bertz CT molecular complexity index is 1470. The van der Waals surface area contributed by atoms with Crippen molar-refractivity contribution < 1.29 is 14.3 Å². The molecular weight excluding hydrogens is 595 g/mol. The average Bonchev–Trinajstić information content (AvgIpc) is 3.72. The van der Waals surface area contributed by atoms with Crippen LogP contribution in [0.1, 0.15) is 68.3 Å². The Labute approximate surface area is 270 Å². The summed E-state index contributed by atoms with van der Waals surface area (Å²) in [5.74, 6) is 1.93. The summed E-state index contributed by atoms with van der Waals surface area (Å²) in [7, 11) is 0. The van der Waals surface area contributed by atoms with Crippen LogP contribution in [0, 0.1) is 0 Å². The van der Waals surface area contributed by atoms with Crippen LogP contribution < -0.4 is 9.47 Å². The van der Waals surface area contributed by atoms with Crippen molar-refractivity contribution in [1.29, 1.82) is 0 Å². The first kappa shape index (κ1) is 30.8. The van der Waals surface area contributed by atoms with E-state index in [9.17, 15) is 4.79 Å². The van der Waals surface area contributed by atoms with E-state index in [0.29, 0.717) is 59.7 Å². The summed E-state index contributed by atoms with van der Waals surface area (Å²) >= 11 is 12.6. The maximum Gasteiger partial charge on any atom is 0.326 e. The number of benzene rings is 3. The number of halogens is 2. The minimum Gasteiger partial charge on any atom is -0.494 e. The minimum atomic E-state index is -0.395. The van der Waals surface area contributed by atoms with E-state index in [1.54, 1.807) is 0 Å². The normalized spacial score (nSPS) is 21.0. The summed E-state index contributed by atoms with van der Waals surface area (Å²) in [6, 6.07) is 21.0. The molecule has 2 atom stereocenters. The van der Waals surface area contributed by atoms with Crippen molar-refractivity contribution >= 4 is 35.1 Å². The van der Waals surface area contributed by atoms with E-state index in [4.69, 9.17) is 37.7 Å². The second-order valence-corrected chi connectivity index (χ2v) is 12.5. The van der Waals surface area contributed by atoms with Crippen molar-refractivity contribution in [2.75, 3.05) is 39.4 Å². The maximum atomic E-state index is 14.8. The number of likely N-dealkylation sites (tertiary alicyclic amines) is 2. The molecule has 7 nitrogen and oxygen atoms in total. The van der Waals surface area contributed by atoms with Gasteiger partial charge in [-0.2, -0.15) is 0 Å². The number of piperidine rings is 1. The summed E-state index contributed by atoms with van der Waals surface area (Å²) in [6.07, 6.45) is 4.49. The van der Waals surface area contributed by atoms with Gasteiger partial charge in [-0.15, -0.1) is 0 Å². The highest BCUT2D eigenvalue weighted by Gasteiger charge is 2.45. The highest BCUT2D eigenvalue weighted by atomic mass is 35.5. The van der Waals surface area contributed by atoms with E-state index in [-0.39, 0.29) is 12.1 Å². The number of carbonyl (C=O) groups is 1. The fourth-order valence-corrected chi connectivity index (χ4v) is 7.01. The van der Waals surface area contributed by atoms with Crippen molar-refractivity contribution in [3.05, 3.63) is 93.5 Å². The minimum absolute atomic E-state index is 0.0450. The van der Waals surface area contributed by atoms with Crippen LogP contribution in [0.5, 0.6) is 11.5 Å². The van der Waals surface area contributed by atoms with Gasteiger partial charge in [-0.3, -0.25) is 9.89 Å². The van der Waals surface area contributed by atoms with Crippen molar-refractivity contribution in [1.82, 2.24) is 14.7 Å². The monoisotopic (exact) mass is 634 g/mol. The van der Waals surface area contributed by atoms with Gasteiger partial charge < -0.3 is 19.3 Å². The molecular formula is C35H40Cl2N4O3. The first-order valence-corrected chi connectivity index (χ1v) is 16.5. The lowest BCUT2D eigenvalue weighted by Gasteiger charge is -2.40. The Balaban J connectivity index is 1.43. The third-order valence-corrected chi connectivity index (χ3v) is 9.40. The highest BCUT2D eigenvalue weighted by Crippen LogP contribution is 2.46. The SMILES string of the molecule is CCOc1ccc(C2=NC(c3ccc(Cl)cc3)C(c3ccc(Cl)cc3)N2C(=O)N2CCC(N3CCCC3)CC2)c(OCC)c1. The quantitative estimate of drug-likeness (QED) is 0.252. The fraction of sp³-hybridized carbons (Fsp3) is 0.429. The van der Waals surface area contributed by atoms with Gasteiger partial charge in [0.2, 0.25) is 0 Å². The largest absolute Gasteiger partial charge is 0.494 e. The van der Waals surface area contributed by atoms with Gasteiger partial charge in [0.25, 0.3) is 0 Å². The lowest BCUT2D eigenvalue weighted by Crippen LogP contribution is -2.52. The molecule has 0 radical (unpaired) electrons. The number of carbonyl (C=O) groups excluding carboxylic acids is 1. The van der Waals surface area contributed by atoms with Gasteiger partial charge in [0, 0.05) is 35.2 Å². The highest BCUT2D eigenvalue weighted by molar-refractivity contribution is 6.30. The van der Waals surface area contributed by atoms with Crippen LogP contribution in [0.15, 0.2) is 71.7 Å². The number of ether oxygens (including phenoxy) is 2. The molecule has 0 bridgehead atoms. The number of nitrogens with zero attached hydrogens (tertiary/aromatic N) is 4. The van der Waals surface area contributed by atoms with E-state index in [1.165, 1.54) is 25.9 Å². The third kappa shape index (κ3) is 6.42. The zero-order valence-electron chi connectivity index (χ0n) is 25.4. The zero-order chi connectivity index (χ0) is 30.6. The Morgan fingerprint density at radius 2 is 1.43 bits per heavy atom. The van der Waals surface area contributed by atoms with Crippen molar-refractivity contribution in [2.45, 2.75) is 57.7 Å². The molecule has 3 aliphatic rings. The number of amidine groups is 1. The molecule has 3 heterocycles. The first-order valence-electron chi connectivity index (χ1n) is 15.8. The van der Waals surface area contributed by atoms with Crippen molar-refractivity contribution in [3.63, 3.8) is 0 Å². The van der Waals surface area contributed by atoms with Gasteiger partial charge >= 0.3 is 6.03 Å². The smallest absolute Gasteiger partial charge is 0.326 e. The molecule has 0 spiro atoms. The van der Waals surface area contributed by atoms with Gasteiger partial charge in [0.1, 0.15) is 23.4 Å². The molecule has 6 rings (SSSR count). The molecule has 0 aliphatic carbocycles. The molecule has 2 saturated heterocycles. The predicted octanol–water partition coefficient (Wildman–Crippen LogP) is 8.02. The third-order valence-electron chi connectivity index (χ3n) is 8.89. The molecule has 0 N–H and O–H groups in total. The number of amides is 2. The van der Waals surface area contributed by atoms with E-state index < -0.39 is 6.04 Å². The Hall–Kier alpha value is -3.26. The number of urea groups is 1. The maximum absolute atomic E-state index is 14.8. The van der Waals surface area contributed by atoms with Crippen LogP contribution in [0.2, 0.25) is 10.0 Å². The predicted molar refractivity (Wildman–Crippen MR) is 176 cm³/mol. The fourth-order valence-electron chi connectivity index (χ4n) is 6.75. The molecule has 3 aliphatic heterocycles. The van der Waals surface area contributed by atoms with Crippen LogP contribution in [0.4, 0.5) is 4.79 Å². The number of rotatable bonds is 8. The Morgan fingerprint density at radius 1 is 0.818 bits per heavy atom. The molecule has 0 aromatic heterocycles. The molecule has 44 heavy (non-hydrogen) atoms. The topological polar surface area (TPSA) is 57.6 Å². The van der Waals surface area contributed by atoms with Crippen molar-refractivity contribution in [2.24, 2.45) is 4.99 Å². The zero-order valence-corrected chi connectivity index (χ0v) is 26.9. The molecule has 232 valence electrons. The Kier molecular flexibility index (Phi) is 9.65. The molecule has 0 saturated carbocycles. The van der Waals surface area contributed by atoms with Crippen LogP contribution in [-0.4, -0.2) is 72.0 Å². The summed E-state index contributed by atoms with van der Waals surface area (Å²) in [5, 5.41) is 1.29. The molecule has 3 aromatic rings. The van der Waals surface area contributed by atoms with Crippen LogP contribution >= 0.6 is 23.2 Å². The Morgan fingerprint density at radius 3 is 2.05 bits per heavy atom. The summed E-state index contributed by atoms with van der Waals surface area (Å²) < 4.78 is 11.9. The lowest BCUT2D eigenvalue weighted by molar-refractivity contribution is 0.117. The van der Waals surface area contributed by atoms with Gasteiger partial charge in [0.15, 0.2) is 0 Å². The van der Waals surface area contributed by atoms with Crippen molar-refractivity contribution in [3.8, 4) is 11.5 Å². The number of aliphatic imine (C=N–C) groups is 1. The van der Waals surface area contributed by atoms with Gasteiger partial charge in [0.05, 0.1) is 24.8 Å². The average molecular weight is 636 g/mol. The standard InChI is InChI=1S/C35H40Cl2N4O3/c1-3-43-29-15-16-30(31(23-29)44-4-2)34-38-32(24-7-11-26(36)12-8-24)33(25-9-13-27(37)14-10-25)41(34)35(42)40-21-17-28(18-22-40)39-19-5-6-20-39/h7-16,23,28,32-33H,3-6,17-22H2,1-2H3. The van der Waals surface area contributed by atoms with E-state index in [1.807, 2.05) is 90.4 Å². The van der Waals surface area contributed by atoms with E-state index >= 15 is 0 Å². The second kappa shape index (κ2) is 13.8. The molecule has 2 amide bonds. The van der Waals surface area contributed by atoms with Gasteiger partial charge in [-0.05, 0) is 100 Å². The summed E-state index contributed by atoms with van der Waals surface area (Å²) in [5.41, 5.74) is 2.68. The summed E-state index contributed by atoms with van der Waals surface area (Å²) in [4.78, 5) is 26.6. The molecule has 2 unspecified atom stereocenters. The second-order valence-electron chi connectivity index (χ2n) is 11.6. The summed E-state index contributed by atoms with van der Waals surface area (Å²) in [6.45, 7) is 8.68. The van der Waals surface area contributed by atoms with E-state index in [2.05, 4.69) is 4.90 Å². The van der Waals surface area contributed by atoms with Crippen LogP contribution in [0.25, 0.3) is 0 Å². The van der Waals surface area contributed by atoms with E-state index in [0.717, 1.165) is 29.5 Å². The number of hydrogen-bond donors (Lipinski definition) is 0. The first-order chi connectivity index (χ1) is 21.5. The van der Waals surface area contributed by atoms with Gasteiger partial charge in [-0.25, -0.2) is 4.79 Å².